The Morgan fingerprint density at radius 2 is 0.831 bits per heavy atom. The molecule has 11 heterocycles. The van der Waals surface area contributed by atoms with Crippen molar-refractivity contribution in [2.45, 2.75) is 157 Å². The molecule has 5 fully saturated rings. The first-order valence-electron chi connectivity index (χ1n) is 27.2. The van der Waals surface area contributed by atoms with Gasteiger partial charge in [-0.25, -0.2) is 19.2 Å². The summed E-state index contributed by atoms with van der Waals surface area (Å²) in [5, 5.41) is 11.3. The van der Waals surface area contributed by atoms with Gasteiger partial charge in [-0.2, -0.15) is 48.1 Å². The van der Waals surface area contributed by atoms with E-state index >= 15 is 0 Å². The molecule has 482 valence electrons. The zero-order chi connectivity index (χ0) is 66.4. The molecular weight excluding hydrogens is 1190 g/mol. The molecule has 89 heavy (non-hydrogen) atoms. The number of rotatable bonds is 20. The zero-order valence-corrected chi connectivity index (χ0v) is 49.9. The third-order valence-electron chi connectivity index (χ3n) is 16.1. The molecule has 0 aromatic heterocycles. The van der Waals surface area contributed by atoms with E-state index in [2.05, 4.69) is 31.0 Å². The van der Waals surface area contributed by atoms with Crippen LogP contribution in [0, 0.1) is 0 Å². The number of hydrogen-bond donors (Lipinski definition) is 4. The maximum Gasteiger partial charge on any atom is 0.373 e. The number of ether oxygens (including phenoxy) is 10. The average Bonchev–Trinajstić information content (AvgIpc) is 1.52. The van der Waals surface area contributed by atoms with Crippen LogP contribution in [0.5, 0.6) is 0 Å². The SMILES string of the molecule is CC1(C)OO1.COC(=O)C1=C(C(=O)OC)C2(CNC(=O)CCCC(=O)NCC34C=CC(O3)C(C)=C4C)C=CC1O2.COC(=O)C1=C(C(=O)OC)C2(CNC(=O)CCCC(=O)NCC34OC(C(C)=C3C)C3OC34)OC1C1OC12.O=C=O.O=C=O.O=C=O.O=C=O. The highest BCUT2D eigenvalue weighted by Crippen LogP contribution is 2.59. The van der Waals surface area contributed by atoms with Crippen molar-refractivity contribution in [3.05, 3.63) is 68.9 Å². The standard InChI is InChI=1S/C25H30N2O10.C25H30N2O8.C3H6O2.4CO2/c1-10-11(2)24(20-18(34-20)16(10)36-24)8-26-12(28)6-5-7-13(29)27-9-25-15(23(31)33-4)14(22(30)32-3)17(37-25)19-21(25)35-19;1-14-15(2)24(10-8-16(14)34-24)12-26-18(28)6-5-7-19(29)27-13-25-11-9-17(35-25)20(22(30)32-3)21(25)23(31)33-4;1-3(2)4-5-3;4*2-1-3/h16-21H,5-9H2,1-4H3,(H,26,28)(H,27,29);8-11,16-17H,5-7,12-13H2,1-4H3,(H,26,28)(H,27,29);1-2H3;;;;. The number of nitrogens with one attached hydrogen (secondary N) is 4. The number of hydrogen-bond acceptors (Lipinski definition) is 28. The number of amides is 4. The molecule has 0 aromatic carbocycles. The monoisotopic (exact) mass is 1250 g/mol. The first-order chi connectivity index (χ1) is 42.2. The molecule has 5 saturated heterocycles. The minimum atomic E-state index is -1.31. The van der Waals surface area contributed by atoms with Crippen LogP contribution in [-0.4, -0.2) is 204 Å². The third kappa shape index (κ3) is 15.3. The van der Waals surface area contributed by atoms with E-state index in [1.54, 1.807) is 12.2 Å². The summed E-state index contributed by atoms with van der Waals surface area (Å²) in [6, 6.07) is 0. The fraction of sp³-hybridized carbons (Fsp3) is 0.579. The van der Waals surface area contributed by atoms with E-state index in [1.807, 2.05) is 53.7 Å². The topological polar surface area (TPSA) is 445 Å². The van der Waals surface area contributed by atoms with Crippen molar-refractivity contribution < 1.29 is 134 Å². The molecule has 0 saturated carbocycles. The Hall–Kier alpha value is -8.60. The number of carbonyl (C=O) groups excluding carboxylic acids is 16. The van der Waals surface area contributed by atoms with Crippen molar-refractivity contribution in [1.82, 2.24) is 21.3 Å². The van der Waals surface area contributed by atoms with Crippen LogP contribution < -0.4 is 21.3 Å². The van der Waals surface area contributed by atoms with Crippen molar-refractivity contribution in [2.24, 2.45) is 0 Å². The van der Waals surface area contributed by atoms with Crippen LogP contribution in [0.3, 0.4) is 0 Å². The molecular formula is C57H66N4O28. The maximum atomic E-state index is 12.6. The largest absolute Gasteiger partial charge is 0.466 e. The average molecular weight is 1260 g/mol. The van der Waals surface area contributed by atoms with Crippen molar-refractivity contribution in [3.63, 3.8) is 0 Å². The van der Waals surface area contributed by atoms with Gasteiger partial charge in [0, 0.05) is 25.7 Å². The summed E-state index contributed by atoms with van der Waals surface area (Å²) in [5.41, 5.74) is 1.02. The van der Waals surface area contributed by atoms with Crippen molar-refractivity contribution >= 4 is 72.1 Å². The molecule has 12 atom stereocenters. The molecule has 8 bridgehead atoms. The second kappa shape index (κ2) is 30.1. The molecule has 4 N–H and O–H groups in total. The fourth-order valence-electron chi connectivity index (χ4n) is 11.4. The molecule has 12 unspecified atom stereocenters. The van der Waals surface area contributed by atoms with Crippen LogP contribution in [0.1, 0.15) is 80.1 Å². The molecule has 32 heteroatoms. The van der Waals surface area contributed by atoms with Crippen LogP contribution in [-0.2, 0) is 134 Å². The van der Waals surface area contributed by atoms with Gasteiger partial charge in [0.15, 0.2) is 0 Å². The minimum absolute atomic E-state index is 0.00156. The lowest BCUT2D eigenvalue weighted by Crippen LogP contribution is -2.49. The zero-order valence-electron chi connectivity index (χ0n) is 49.9. The maximum absolute atomic E-state index is 12.6. The molecule has 4 amide bonds. The van der Waals surface area contributed by atoms with Gasteiger partial charge < -0.3 is 68.6 Å². The summed E-state index contributed by atoms with van der Waals surface area (Å²) in [7, 11) is 4.84. The number of fused-ring (bicyclic) bond motifs is 14. The molecule has 0 radical (unpaired) electrons. The molecule has 32 nitrogen and oxygen atoms in total. The lowest BCUT2D eigenvalue weighted by Gasteiger charge is -2.28. The normalized spacial score (nSPS) is 30.1. The van der Waals surface area contributed by atoms with Gasteiger partial charge in [0.1, 0.15) is 65.1 Å². The van der Waals surface area contributed by atoms with E-state index in [0.717, 1.165) is 11.1 Å². The second-order valence-corrected chi connectivity index (χ2v) is 21.3. The van der Waals surface area contributed by atoms with Gasteiger partial charge in [0.2, 0.25) is 29.4 Å². The first-order valence-corrected chi connectivity index (χ1v) is 27.2. The van der Waals surface area contributed by atoms with Crippen LogP contribution in [0.4, 0.5) is 0 Å². The van der Waals surface area contributed by atoms with Gasteiger partial charge in [-0.1, -0.05) is 12.2 Å². The smallest absolute Gasteiger partial charge is 0.373 e. The van der Waals surface area contributed by atoms with Gasteiger partial charge in [-0.3, -0.25) is 19.2 Å². The van der Waals surface area contributed by atoms with Crippen LogP contribution >= 0.6 is 0 Å². The Kier molecular flexibility index (Phi) is 24.0. The van der Waals surface area contributed by atoms with Crippen molar-refractivity contribution in [2.75, 3.05) is 54.6 Å². The van der Waals surface area contributed by atoms with Crippen LogP contribution in [0.2, 0.25) is 0 Å². The predicted octanol–water partition coefficient (Wildman–Crippen LogP) is -1.66. The number of esters is 4. The highest BCUT2D eigenvalue weighted by atomic mass is 17.4. The van der Waals surface area contributed by atoms with E-state index in [0.29, 0.717) is 25.9 Å². The van der Waals surface area contributed by atoms with E-state index < -0.39 is 64.6 Å². The Balaban J connectivity index is 0.000000258. The Bertz CT molecular complexity index is 3100. The summed E-state index contributed by atoms with van der Waals surface area (Å²) in [6.07, 6.45) is 7.24. The van der Waals surface area contributed by atoms with Gasteiger partial charge in [0.05, 0.1) is 83.0 Å². The minimum Gasteiger partial charge on any atom is -0.466 e. The van der Waals surface area contributed by atoms with Gasteiger partial charge in [-0.05, 0) is 88.8 Å². The fourth-order valence-corrected chi connectivity index (χ4v) is 11.4. The Morgan fingerprint density at radius 1 is 0.461 bits per heavy atom. The quantitative estimate of drug-likeness (QED) is 0.0348. The predicted molar refractivity (Wildman–Crippen MR) is 281 cm³/mol. The second-order valence-electron chi connectivity index (χ2n) is 21.3. The van der Waals surface area contributed by atoms with Crippen LogP contribution in [0.25, 0.3) is 0 Å². The van der Waals surface area contributed by atoms with E-state index in [-0.39, 0.29) is 146 Å². The van der Waals surface area contributed by atoms with Gasteiger partial charge in [-0.15, -0.1) is 0 Å². The molecule has 11 rings (SSSR count). The van der Waals surface area contributed by atoms with Crippen molar-refractivity contribution in [1.29, 1.82) is 0 Å². The highest BCUT2D eigenvalue weighted by molar-refractivity contribution is 6.06. The number of carbonyl (C=O) groups is 8. The highest BCUT2D eigenvalue weighted by Gasteiger charge is 2.76. The van der Waals surface area contributed by atoms with Gasteiger partial charge >= 0.3 is 48.5 Å². The van der Waals surface area contributed by atoms with E-state index in [9.17, 15) is 38.4 Å². The molecule has 0 aliphatic carbocycles. The lowest BCUT2D eigenvalue weighted by molar-refractivity contribution is -0.193. The lowest BCUT2D eigenvalue weighted by atomic mass is 9.81. The molecule has 11 aliphatic rings. The summed E-state index contributed by atoms with van der Waals surface area (Å²) < 4.78 is 54.7. The summed E-state index contributed by atoms with van der Waals surface area (Å²) in [5.74, 6) is -4.05. The van der Waals surface area contributed by atoms with Gasteiger partial charge in [0.25, 0.3) is 0 Å². The van der Waals surface area contributed by atoms with Crippen LogP contribution in [0.15, 0.2) is 68.9 Å². The summed E-state index contributed by atoms with van der Waals surface area (Å²) in [4.78, 5) is 173. The molecule has 11 aliphatic heterocycles. The molecule has 0 aromatic rings. The summed E-state index contributed by atoms with van der Waals surface area (Å²) >= 11 is 0. The first kappa shape index (κ1) is 71.2. The number of epoxide rings is 2. The third-order valence-corrected chi connectivity index (χ3v) is 16.1. The Labute approximate surface area is 506 Å². The summed E-state index contributed by atoms with van der Waals surface area (Å²) in [6.45, 7) is 12.4. The molecule has 0 spiro atoms. The number of methoxy groups -OCH3 is 4. The Morgan fingerprint density at radius 3 is 1.28 bits per heavy atom. The van der Waals surface area contributed by atoms with Crippen molar-refractivity contribution in [3.8, 4) is 0 Å². The van der Waals surface area contributed by atoms with E-state index in [1.165, 1.54) is 39.6 Å². The van der Waals surface area contributed by atoms with E-state index in [4.69, 9.17) is 85.7 Å².